The number of carbonyl (C=O) groups excluding carboxylic acids is 2. The molecular weight excluding hydrogens is 319 g/mol. The molecule has 8 heteroatoms. The van der Waals surface area contributed by atoms with Crippen molar-refractivity contribution in [3.63, 3.8) is 0 Å². The fourth-order valence-corrected chi connectivity index (χ4v) is 1.97. The molecule has 0 atom stereocenters. The molecule has 0 bridgehead atoms. The minimum Gasteiger partial charge on any atom is -0.502 e. The number of amidine groups is 1. The molecule has 0 saturated heterocycles. The number of carbonyl (C=O) groups is 2. The van der Waals surface area contributed by atoms with Gasteiger partial charge in [0.1, 0.15) is 11.5 Å². The molecule has 0 spiro atoms. The first-order valence-electron chi connectivity index (χ1n) is 6.78. The van der Waals surface area contributed by atoms with Crippen LogP contribution in [0.3, 0.4) is 0 Å². The highest BCUT2D eigenvalue weighted by Crippen LogP contribution is 2.31. The fourth-order valence-electron chi connectivity index (χ4n) is 1.97. The van der Waals surface area contributed by atoms with E-state index in [-0.39, 0.29) is 17.3 Å². The van der Waals surface area contributed by atoms with E-state index >= 15 is 0 Å². The number of nitrogens with zero attached hydrogens (tertiary/aromatic N) is 2. The SMILES string of the molecule is COC(=O)/C=C/C1=NC(=C\c2cc(F)c(O)c(OC)c2)/C(=O)N1C. The molecule has 126 valence electrons. The van der Waals surface area contributed by atoms with Crippen molar-refractivity contribution < 1.29 is 28.6 Å². The van der Waals surface area contributed by atoms with Crippen LogP contribution in [0.5, 0.6) is 11.5 Å². The van der Waals surface area contributed by atoms with Crippen molar-refractivity contribution in [2.45, 2.75) is 0 Å². The molecule has 0 aromatic heterocycles. The van der Waals surface area contributed by atoms with Crippen LogP contribution in [0.1, 0.15) is 5.56 Å². The molecule has 1 aliphatic rings. The number of likely N-dealkylation sites (N-methyl/N-ethyl adjacent to an activating group) is 1. The molecule has 0 fully saturated rings. The molecule has 0 radical (unpaired) electrons. The number of hydrogen-bond acceptors (Lipinski definition) is 6. The molecule has 0 saturated carbocycles. The first kappa shape index (κ1) is 17.2. The zero-order valence-electron chi connectivity index (χ0n) is 13.2. The number of rotatable bonds is 4. The number of esters is 1. The van der Waals surface area contributed by atoms with Gasteiger partial charge in [0.25, 0.3) is 5.91 Å². The highest BCUT2D eigenvalue weighted by molar-refractivity contribution is 6.18. The van der Waals surface area contributed by atoms with E-state index in [0.29, 0.717) is 5.56 Å². The molecule has 1 aromatic rings. The van der Waals surface area contributed by atoms with E-state index in [0.717, 1.165) is 12.1 Å². The lowest BCUT2D eigenvalue weighted by atomic mass is 10.1. The van der Waals surface area contributed by atoms with Crippen LogP contribution in [0.25, 0.3) is 6.08 Å². The van der Waals surface area contributed by atoms with E-state index in [1.807, 2.05) is 0 Å². The summed E-state index contributed by atoms with van der Waals surface area (Å²) < 4.78 is 23.0. The van der Waals surface area contributed by atoms with Crippen LogP contribution in [-0.4, -0.2) is 49.0 Å². The van der Waals surface area contributed by atoms with Crippen LogP contribution in [0.4, 0.5) is 4.39 Å². The van der Waals surface area contributed by atoms with Gasteiger partial charge in [-0.25, -0.2) is 14.2 Å². The number of hydrogen-bond donors (Lipinski definition) is 1. The lowest BCUT2D eigenvalue weighted by Crippen LogP contribution is -2.26. The Hall–Kier alpha value is -3.16. The highest BCUT2D eigenvalue weighted by atomic mass is 19.1. The predicted molar refractivity (Wildman–Crippen MR) is 84.0 cm³/mol. The number of aromatic hydroxyl groups is 1. The average molecular weight is 334 g/mol. The van der Waals surface area contributed by atoms with Crippen LogP contribution in [-0.2, 0) is 14.3 Å². The van der Waals surface area contributed by atoms with Crippen molar-refractivity contribution in [2.24, 2.45) is 4.99 Å². The number of phenolic OH excluding ortho intramolecular Hbond substituents is 1. The minimum absolute atomic E-state index is 0.0501. The van der Waals surface area contributed by atoms with Crippen LogP contribution in [0.15, 0.2) is 35.0 Å². The van der Waals surface area contributed by atoms with Gasteiger partial charge < -0.3 is 14.6 Å². The Morgan fingerprint density at radius 1 is 1.38 bits per heavy atom. The zero-order chi connectivity index (χ0) is 17.9. The van der Waals surface area contributed by atoms with E-state index in [2.05, 4.69) is 9.73 Å². The van der Waals surface area contributed by atoms with Crippen molar-refractivity contribution >= 4 is 23.8 Å². The van der Waals surface area contributed by atoms with Gasteiger partial charge in [-0.2, -0.15) is 0 Å². The number of ether oxygens (including phenoxy) is 2. The Morgan fingerprint density at radius 2 is 2.08 bits per heavy atom. The van der Waals surface area contributed by atoms with E-state index in [4.69, 9.17) is 4.74 Å². The summed E-state index contributed by atoms with van der Waals surface area (Å²) in [6.07, 6.45) is 3.82. The Kier molecular flexibility index (Phi) is 4.98. The second kappa shape index (κ2) is 6.95. The third-order valence-corrected chi connectivity index (χ3v) is 3.25. The summed E-state index contributed by atoms with van der Waals surface area (Å²) in [5.74, 6) is -2.32. The summed E-state index contributed by atoms with van der Waals surface area (Å²) >= 11 is 0. The van der Waals surface area contributed by atoms with Crippen LogP contribution < -0.4 is 4.74 Å². The monoisotopic (exact) mass is 334 g/mol. The maximum absolute atomic E-state index is 13.6. The largest absolute Gasteiger partial charge is 0.502 e. The summed E-state index contributed by atoms with van der Waals surface area (Å²) in [4.78, 5) is 28.6. The normalized spacial score (nSPS) is 16.0. The second-order valence-corrected chi connectivity index (χ2v) is 4.77. The Morgan fingerprint density at radius 3 is 2.71 bits per heavy atom. The summed E-state index contributed by atoms with van der Waals surface area (Å²) in [5, 5.41) is 9.49. The van der Waals surface area contributed by atoms with Gasteiger partial charge in [-0.1, -0.05) is 0 Å². The van der Waals surface area contributed by atoms with Crippen molar-refractivity contribution in [3.05, 3.63) is 41.4 Å². The molecule has 1 aromatic carbocycles. The number of methoxy groups -OCH3 is 2. The molecule has 0 unspecified atom stereocenters. The fraction of sp³-hybridized carbons (Fsp3) is 0.188. The number of phenols is 1. The van der Waals surface area contributed by atoms with Gasteiger partial charge >= 0.3 is 5.97 Å². The van der Waals surface area contributed by atoms with E-state index in [1.54, 1.807) is 0 Å². The predicted octanol–water partition coefficient (Wildman–Crippen LogP) is 1.48. The van der Waals surface area contributed by atoms with Crippen LogP contribution >= 0.6 is 0 Å². The average Bonchev–Trinajstić information content (AvgIpc) is 2.83. The zero-order valence-corrected chi connectivity index (χ0v) is 13.2. The van der Waals surface area contributed by atoms with Gasteiger partial charge in [0.2, 0.25) is 0 Å². The smallest absolute Gasteiger partial charge is 0.330 e. The summed E-state index contributed by atoms with van der Waals surface area (Å²) in [5.41, 5.74) is 0.343. The molecule has 1 N–H and O–H groups in total. The molecule has 24 heavy (non-hydrogen) atoms. The summed E-state index contributed by atoms with van der Waals surface area (Å²) in [6, 6.07) is 2.42. The minimum atomic E-state index is -0.880. The van der Waals surface area contributed by atoms with Crippen molar-refractivity contribution in [1.82, 2.24) is 4.90 Å². The van der Waals surface area contributed by atoms with Gasteiger partial charge in [0.15, 0.2) is 17.3 Å². The number of aliphatic imine (C=N–C) groups is 1. The quantitative estimate of drug-likeness (QED) is 0.665. The Bertz CT molecular complexity index is 783. The van der Waals surface area contributed by atoms with Gasteiger partial charge in [-0.3, -0.25) is 9.69 Å². The summed E-state index contributed by atoms with van der Waals surface area (Å²) in [7, 11) is 4.01. The summed E-state index contributed by atoms with van der Waals surface area (Å²) in [6.45, 7) is 0. The van der Waals surface area contributed by atoms with Crippen molar-refractivity contribution in [3.8, 4) is 11.5 Å². The van der Waals surface area contributed by atoms with Crippen LogP contribution in [0.2, 0.25) is 0 Å². The number of halogens is 1. The van der Waals surface area contributed by atoms with Crippen molar-refractivity contribution in [2.75, 3.05) is 21.3 Å². The first-order chi connectivity index (χ1) is 11.4. The van der Waals surface area contributed by atoms with Gasteiger partial charge in [0, 0.05) is 13.1 Å². The molecule has 2 rings (SSSR count). The molecule has 7 nitrogen and oxygen atoms in total. The van der Waals surface area contributed by atoms with Gasteiger partial charge in [0.05, 0.1) is 14.2 Å². The lowest BCUT2D eigenvalue weighted by molar-refractivity contribution is -0.134. The first-order valence-corrected chi connectivity index (χ1v) is 6.78. The molecule has 1 aliphatic heterocycles. The maximum atomic E-state index is 13.6. The Balaban J connectivity index is 2.37. The van der Waals surface area contributed by atoms with Crippen molar-refractivity contribution in [1.29, 1.82) is 0 Å². The van der Waals surface area contributed by atoms with E-state index < -0.39 is 23.4 Å². The van der Waals surface area contributed by atoms with E-state index in [9.17, 15) is 19.1 Å². The maximum Gasteiger partial charge on any atom is 0.330 e. The highest BCUT2D eigenvalue weighted by Gasteiger charge is 2.25. The van der Waals surface area contributed by atoms with Gasteiger partial charge in [-0.15, -0.1) is 0 Å². The molecule has 1 heterocycles. The Labute approximate surface area is 137 Å². The third kappa shape index (κ3) is 3.43. The second-order valence-electron chi connectivity index (χ2n) is 4.77. The lowest BCUT2D eigenvalue weighted by Gasteiger charge is -2.07. The molecule has 0 aliphatic carbocycles. The topological polar surface area (TPSA) is 88.4 Å². The molecular formula is C16H15FN2O5. The van der Waals surface area contributed by atoms with Crippen LogP contribution in [0, 0.1) is 5.82 Å². The number of amides is 1. The third-order valence-electron chi connectivity index (χ3n) is 3.25. The van der Waals surface area contributed by atoms with E-state index in [1.165, 1.54) is 44.4 Å². The number of benzene rings is 1. The molecule has 1 amide bonds. The standard InChI is InChI=1S/C16H15FN2O5/c1-19-13(4-5-14(20)24-3)18-11(16(19)22)7-9-6-10(17)15(21)12(8-9)23-2/h4-8,21H,1-3H3/b5-4+,11-7-. The van der Waals surface area contributed by atoms with Gasteiger partial charge in [-0.05, 0) is 29.8 Å².